The van der Waals surface area contributed by atoms with E-state index in [2.05, 4.69) is 15.5 Å². The lowest BCUT2D eigenvalue weighted by atomic mass is 10.2. The van der Waals surface area contributed by atoms with Gasteiger partial charge in [0.2, 0.25) is 5.91 Å². The van der Waals surface area contributed by atoms with Gasteiger partial charge in [0.25, 0.3) is 0 Å². The van der Waals surface area contributed by atoms with Gasteiger partial charge in [0.05, 0.1) is 12.0 Å². The van der Waals surface area contributed by atoms with Crippen LogP contribution in [-0.2, 0) is 11.3 Å². The molecule has 4 rings (SSSR count). The number of nitrogens with zero attached hydrogens (tertiary/aromatic N) is 3. The van der Waals surface area contributed by atoms with Crippen molar-refractivity contribution in [3.63, 3.8) is 0 Å². The van der Waals surface area contributed by atoms with Crippen LogP contribution in [-0.4, -0.2) is 20.5 Å². The smallest absolute Gasteiger partial charge is 0.226 e. The lowest BCUT2D eigenvalue weighted by molar-refractivity contribution is -0.124. The van der Waals surface area contributed by atoms with Crippen molar-refractivity contribution in [2.24, 2.45) is 11.3 Å². The minimum absolute atomic E-state index is 0.0242. The molecule has 0 aromatic carbocycles. The number of hydrogen-bond acceptors (Lipinski definition) is 3. The molecule has 2 saturated carbocycles. The number of pyridine rings is 1. The third-order valence-electron chi connectivity index (χ3n) is 4.16. The van der Waals surface area contributed by atoms with Crippen LogP contribution in [0.3, 0.4) is 0 Å². The maximum absolute atomic E-state index is 11.9. The second-order valence-electron chi connectivity index (χ2n) is 5.49. The molecular weight excluding hydrogens is 228 g/mol. The molecule has 5 heteroatoms. The van der Waals surface area contributed by atoms with Crippen molar-refractivity contribution in [1.82, 2.24) is 19.9 Å². The standard InChI is InChI=1S/C13H14N4O/c1-8-2-3-10-15-16-11(17(10)7-8)6-14-12(18)13-4-9(13)5-13/h2-3,7,9H,4-6H2,1H3,(H,14,18). The Kier molecular flexibility index (Phi) is 1.73. The number of carbonyl (C=O) groups is 1. The normalized spacial score (nSPS) is 27.9. The first-order valence-electron chi connectivity index (χ1n) is 6.28. The van der Waals surface area contributed by atoms with Crippen molar-refractivity contribution in [3.8, 4) is 0 Å². The summed E-state index contributed by atoms with van der Waals surface area (Å²) in [6.07, 6.45) is 4.16. The molecule has 2 aliphatic carbocycles. The summed E-state index contributed by atoms with van der Waals surface area (Å²) < 4.78 is 1.94. The first kappa shape index (κ1) is 10.1. The predicted molar refractivity (Wildman–Crippen MR) is 64.7 cm³/mol. The topological polar surface area (TPSA) is 59.3 Å². The fourth-order valence-corrected chi connectivity index (χ4v) is 2.57. The Balaban J connectivity index is 1.55. The predicted octanol–water partition coefficient (Wildman–Crippen LogP) is 1.06. The first-order valence-corrected chi connectivity index (χ1v) is 6.28. The van der Waals surface area contributed by atoms with E-state index in [0.29, 0.717) is 12.5 Å². The van der Waals surface area contributed by atoms with E-state index in [1.807, 2.05) is 29.7 Å². The van der Waals surface area contributed by atoms with E-state index >= 15 is 0 Å². The highest BCUT2D eigenvalue weighted by Crippen LogP contribution is 2.75. The molecule has 0 spiro atoms. The summed E-state index contributed by atoms with van der Waals surface area (Å²) in [7, 11) is 0. The van der Waals surface area contributed by atoms with Crippen LogP contribution >= 0.6 is 0 Å². The molecule has 2 aromatic heterocycles. The van der Waals surface area contributed by atoms with Crippen molar-refractivity contribution < 1.29 is 4.79 Å². The second kappa shape index (κ2) is 3.10. The number of hydrogen-bond donors (Lipinski definition) is 1. The average molecular weight is 242 g/mol. The highest BCUT2D eigenvalue weighted by atomic mass is 16.2. The third kappa shape index (κ3) is 1.30. The zero-order valence-electron chi connectivity index (χ0n) is 10.2. The van der Waals surface area contributed by atoms with Gasteiger partial charge in [-0.2, -0.15) is 0 Å². The number of amides is 1. The van der Waals surface area contributed by atoms with Crippen molar-refractivity contribution >= 4 is 11.6 Å². The molecule has 1 amide bonds. The van der Waals surface area contributed by atoms with Crippen molar-refractivity contribution in [2.75, 3.05) is 0 Å². The second-order valence-corrected chi connectivity index (χ2v) is 5.49. The van der Waals surface area contributed by atoms with Gasteiger partial charge >= 0.3 is 0 Å². The molecule has 2 aliphatic rings. The minimum Gasteiger partial charge on any atom is -0.348 e. The summed E-state index contributed by atoms with van der Waals surface area (Å²) in [6.45, 7) is 2.48. The summed E-state index contributed by atoms with van der Waals surface area (Å²) in [4.78, 5) is 11.9. The molecule has 5 nitrogen and oxygen atoms in total. The van der Waals surface area contributed by atoms with Crippen molar-refractivity contribution in [3.05, 3.63) is 29.7 Å². The molecule has 0 radical (unpaired) electrons. The largest absolute Gasteiger partial charge is 0.348 e. The SMILES string of the molecule is Cc1ccc2nnc(CNC(=O)C34CC3C4)n2c1. The summed E-state index contributed by atoms with van der Waals surface area (Å²) >= 11 is 0. The maximum Gasteiger partial charge on any atom is 0.226 e. The first-order chi connectivity index (χ1) is 8.69. The van der Waals surface area contributed by atoms with Gasteiger partial charge in [0.15, 0.2) is 11.5 Å². The Bertz CT molecular complexity index is 654. The summed E-state index contributed by atoms with van der Waals surface area (Å²) in [6, 6.07) is 3.94. The van der Waals surface area contributed by atoms with E-state index in [9.17, 15) is 4.79 Å². The quantitative estimate of drug-likeness (QED) is 0.875. The van der Waals surface area contributed by atoms with Gasteiger partial charge in [-0.15, -0.1) is 10.2 Å². The summed E-state index contributed by atoms with van der Waals surface area (Å²) in [5.74, 6) is 1.66. The number of carbonyl (C=O) groups excluding carboxylic acids is 1. The number of nitrogens with one attached hydrogen (secondary N) is 1. The third-order valence-corrected chi connectivity index (χ3v) is 4.16. The van der Waals surface area contributed by atoms with Crippen molar-refractivity contribution in [1.29, 1.82) is 0 Å². The molecule has 0 unspecified atom stereocenters. The zero-order chi connectivity index (χ0) is 12.3. The van der Waals surface area contributed by atoms with E-state index in [1.165, 1.54) is 0 Å². The van der Waals surface area contributed by atoms with Gasteiger partial charge < -0.3 is 5.32 Å². The maximum atomic E-state index is 11.9. The van der Waals surface area contributed by atoms with E-state index in [0.717, 1.165) is 29.9 Å². The molecule has 2 aromatic rings. The van der Waals surface area contributed by atoms with Gasteiger partial charge in [-0.1, -0.05) is 6.07 Å². The van der Waals surface area contributed by atoms with E-state index in [-0.39, 0.29) is 11.3 Å². The van der Waals surface area contributed by atoms with Gasteiger partial charge in [-0.05, 0) is 37.3 Å². The monoisotopic (exact) mass is 242 g/mol. The molecule has 0 saturated heterocycles. The molecular formula is C13H14N4O. The molecule has 0 aliphatic heterocycles. The molecule has 92 valence electrons. The highest BCUT2D eigenvalue weighted by molar-refractivity contribution is 5.89. The lowest BCUT2D eigenvalue weighted by Gasteiger charge is -2.06. The Morgan fingerprint density at radius 3 is 3.00 bits per heavy atom. The van der Waals surface area contributed by atoms with Gasteiger partial charge in [-0.25, -0.2) is 0 Å². The fourth-order valence-electron chi connectivity index (χ4n) is 2.57. The molecule has 18 heavy (non-hydrogen) atoms. The molecule has 2 heterocycles. The fraction of sp³-hybridized carbons (Fsp3) is 0.462. The van der Waals surface area contributed by atoms with Crippen LogP contribution in [0.25, 0.3) is 5.65 Å². The number of aryl methyl sites for hydroxylation is 1. The summed E-state index contributed by atoms with van der Waals surface area (Å²) in [5, 5.41) is 11.2. The summed E-state index contributed by atoms with van der Waals surface area (Å²) in [5.41, 5.74) is 1.99. The highest BCUT2D eigenvalue weighted by Gasteiger charge is 2.74. The van der Waals surface area contributed by atoms with Gasteiger partial charge in [0, 0.05) is 6.20 Å². The van der Waals surface area contributed by atoms with Crippen LogP contribution in [0, 0.1) is 18.3 Å². The van der Waals surface area contributed by atoms with E-state index < -0.39 is 0 Å². The number of fused-ring (bicyclic) bond motifs is 2. The zero-order valence-corrected chi connectivity index (χ0v) is 10.2. The Morgan fingerprint density at radius 1 is 1.50 bits per heavy atom. The Hall–Kier alpha value is -1.91. The molecule has 0 bridgehead atoms. The van der Waals surface area contributed by atoms with Crippen LogP contribution in [0.4, 0.5) is 0 Å². The van der Waals surface area contributed by atoms with Crippen LogP contribution in [0.5, 0.6) is 0 Å². The van der Waals surface area contributed by atoms with Crippen molar-refractivity contribution in [2.45, 2.75) is 26.3 Å². The number of rotatable bonds is 3. The minimum atomic E-state index is 0.0242. The molecule has 0 atom stereocenters. The van der Waals surface area contributed by atoms with E-state index in [1.54, 1.807) is 0 Å². The van der Waals surface area contributed by atoms with Crippen LogP contribution in [0.2, 0.25) is 0 Å². The van der Waals surface area contributed by atoms with Gasteiger partial charge in [0.1, 0.15) is 0 Å². The molecule has 1 N–H and O–H groups in total. The lowest BCUT2D eigenvalue weighted by Crippen LogP contribution is -2.28. The Labute approximate surface area is 104 Å². The van der Waals surface area contributed by atoms with Crippen LogP contribution < -0.4 is 5.32 Å². The average Bonchev–Trinajstić information content (AvgIpc) is 3.16. The van der Waals surface area contributed by atoms with Gasteiger partial charge in [-0.3, -0.25) is 9.20 Å². The van der Waals surface area contributed by atoms with Crippen LogP contribution in [0.15, 0.2) is 18.3 Å². The van der Waals surface area contributed by atoms with Crippen LogP contribution in [0.1, 0.15) is 24.2 Å². The molecule has 2 fully saturated rings. The van der Waals surface area contributed by atoms with E-state index in [4.69, 9.17) is 0 Å². The Morgan fingerprint density at radius 2 is 2.28 bits per heavy atom. The number of aromatic nitrogens is 3.